The summed E-state index contributed by atoms with van der Waals surface area (Å²) in [5.41, 5.74) is 0.666. The van der Waals surface area contributed by atoms with Crippen LogP contribution in [-0.4, -0.2) is 24.3 Å². The maximum absolute atomic E-state index is 12.0. The van der Waals surface area contributed by atoms with Crippen LogP contribution in [0.15, 0.2) is 40.8 Å². The molecule has 0 spiro atoms. The van der Waals surface area contributed by atoms with E-state index >= 15 is 0 Å². The quantitative estimate of drug-likeness (QED) is 0.756. The molecule has 2 aromatic rings. The maximum Gasteiger partial charge on any atom is 0.164 e. The first-order valence-electron chi connectivity index (χ1n) is 6.57. The summed E-state index contributed by atoms with van der Waals surface area (Å²) < 4.78 is 5.52. The van der Waals surface area contributed by atoms with Crippen LogP contribution in [0.25, 0.3) is 0 Å². The van der Waals surface area contributed by atoms with Crippen LogP contribution in [0.5, 0.6) is 0 Å². The average Bonchev–Trinajstić information content (AvgIpc) is 2.81. The predicted octanol–water partition coefficient (Wildman–Crippen LogP) is 3.95. The number of halogens is 1. The minimum atomic E-state index is 0.106. The number of furan rings is 1. The third kappa shape index (κ3) is 4.22. The highest BCUT2D eigenvalue weighted by atomic mass is 35.5. The minimum absolute atomic E-state index is 0.106. The normalized spacial score (nSPS) is 11.0. The largest absolute Gasteiger partial charge is 0.465 e. The highest BCUT2D eigenvalue weighted by Gasteiger charge is 2.09. The van der Waals surface area contributed by atoms with E-state index in [9.17, 15) is 4.79 Å². The second-order valence-electron chi connectivity index (χ2n) is 4.93. The van der Waals surface area contributed by atoms with Gasteiger partial charge in [-0.25, -0.2) is 0 Å². The molecule has 106 valence electrons. The molecule has 0 unspecified atom stereocenters. The van der Waals surface area contributed by atoms with Crippen LogP contribution in [0.1, 0.15) is 28.3 Å². The van der Waals surface area contributed by atoms with Crippen LogP contribution in [0.4, 0.5) is 0 Å². The van der Waals surface area contributed by atoms with E-state index in [0.29, 0.717) is 30.1 Å². The zero-order valence-electron chi connectivity index (χ0n) is 11.7. The highest BCUT2D eigenvalue weighted by Crippen LogP contribution is 2.13. The van der Waals surface area contributed by atoms with Crippen molar-refractivity contribution in [3.63, 3.8) is 0 Å². The number of Topliss-reactive ketones (excluding diaryl/α,β-unsaturated/α-hetero) is 1. The van der Waals surface area contributed by atoms with Gasteiger partial charge in [0.25, 0.3) is 0 Å². The van der Waals surface area contributed by atoms with Gasteiger partial charge in [-0.15, -0.1) is 0 Å². The Bertz CT molecular complexity index is 592. The van der Waals surface area contributed by atoms with Gasteiger partial charge in [-0.05, 0) is 38.2 Å². The smallest absolute Gasteiger partial charge is 0.164 e. The molecule has 2 rings (SSSR count). The minimum Gasteiger partial charge on any atom is -0.465 e. The second kappa shape index (κ2) is 6.73. The first-order chi connectivity index (χ1) is 9.54. The molecule has 0 N–H and O–H groups in total. The molecule has 0 amide bonds. The number of hydrogen-bond donors (Lipinski definition) is 0. The molecule has 1 heterocycles. The summed E-state index contributed by atoms with van der Waals surface area (Å²) in [5.74, 6) is 1.93. The van der Waals surface area contributed by atoms with E-state index in [2.05, 4.69) is 4.90 Å². The molecule has 1 aromatic heterocycles. The molecule has 0 radical (unpaired) electrons. The summed E-state index contributed by atoms with van der Waals surface area (Å²) >= 11 is 5.89. The van der Waals surface area contributed by atoms with E-state index in [1.54, 1.807) is 24.3 Å². The molecule has 20 heavy (non-hydrogen) atoms. The summed E-state index contributed by atoms with van der Waals surface area (Å²) in [7, 11) is 1.98. The number of carbonyl (C=O) groups is 1. The SMILES string of the molecule is Cc1ccc(CN(C)CCC(=O)c2cccc(Cl)c2)o1. The van der Waals surface area contributed by atoms with Gasteiger partial charge in [0.2, 0.25) is 0 Å². The fourth-order valence-electron chi connectivity index (χ4n) is 2.01. The lowest BCUT2D eigenvalue weighted by molar-refractivity contribution is 0.0966. The molecule has 0 atom stereocenters. The van der Waals surface area contributed by atoms with Gasteiger partial charge in [0, 0.05) is 23.6 Å². The molecule has 1 aromatic carbocycles. The van der Waals surface area contributed by atoms with Gasteiger partial charge < -0.3 is 4.42 Å². The Hall–Kier alpha value is -1.58. The first-order valence-corrected chi connectivity index (χ1v) is 6.95. The first kappa shape index (κ1) is 14.8. The standard InChI is InChI=1S/C16H18ClNO2/c1-12-6-7-15(20-12)11-18(2)9-8-16(19)13-4-3-5-14(17)10-13/h3-7,10H,8-9,11H2,1-2H3. The molecule has 0 saturated heterocycles. The van der Waals surface area contributed by atoms with Gasteiger partial charge in [0.05, 0.1) is 6.54 Å². The van der Waals surface area contributed by atoms with Crippen molar-refractivity contribution in [1.29, 1.82) is 0 Å². The topological polar surface area (TPSA) is 33.5 Å². The fourth-order valence-corrected chi connectivity index (χ4v) is 2.20. The van der Waals surface area contributed by atoms with Gasteiger partial charge in [-0.1, -0.05) is 23.7 Å². The molecular weight excluding hydrogens is 274 g/mol. The van der Waals surface area contributed by atoms with Crippen molar-refractivity contribution in [3.8, 4) is 0 Å². The van der Waals surface area contributed by atoms with Crippen molar-refractivity contribution < 1.29 is 9.21 Å². The molecular formula is C16H18ClNO2. The van der Waals surface area contributed by atoms with E-state index in [1.807, 2.05) is 26.1 Å². The third-order valence-electron chi connectivity index (χ3n) is 3.09. The van der Waals surface area contributed by atoms with Crippen molar-refractivity contribution >= 4 is 17.4 Å². The van der Waals surface area contributed by atoms with Gasteiger partial charge >= 0.3 is 0 Å². The molecule has 0 aliphatic rings. The number of ketones is 1. The fraction of sp³-hybridized carbons (Fsp3) is 0.312. The zero-order chi connectivity index (χ0) is 14.5. The summed E-state index contributed by atoms with van der Waals surface area (Å²) in [6, 6.07) is 11.0. The van der Waals surface area contributed by atoms with Crippen LogP contribution < -0.4 is 0 Å². The summed E-state index contributed by atoms with van der Waals surface area (Å²) in [5, 5.41) is 0.593. The van der Waals surface area contributed by atoms with Crippen LogP contribution in [-0.2, 0) is 6.54 Å². The Morgan fingerprint density at radius 3 is 2.75 bits per heavy atom. The van der Waals surface area contributed by atoms with Gasteiger partial charge in [0.1, 0.15) is 11.5 Å². The number of benzene rings is 1. The lowest BCUT2D eigenvalue weighted by atomic mass is 10.1. The monoisotopic (exact) mass is 291 g/mol. The Balaban J connectivity index is 1.84. The Labute approximate surface area is 124 Å². The van der Waals surface area contributed by atoms with Crippen molar-refractivity contribution in [2.45, 2.75) is 19.9 Å². The second-order valence-corrected chi connectivity index (χ2v) is 5.37. The molecule has 0 aliphatic heterocycles. The Morgan fingerprint density at radius 2 is 2.10 bits per heavy atom. The number of carbonyl (C=O) groups excluding carboxylic acids is 1. The van der Waals surface area contributed by atoms with Gasteiger partial charge in [-0.3, -0.25) is 9.69 Å². The van der Waals surface area contributed by atoms with Crippen molar-refractivity contribution in [2.75, 3.05) is 13.6 Å². The van der Waals surface area contributed by atoms with Crippen molar-refractivity contribution in [1.82, 2.24) is 4.90 Å². The Kier molecular flexibility index (Phi) is 4.99. The molecule has 3 nitrogen and oxygen atoms in total. The number of rotatable bonds is 6. The third-order valence-corrected chi connectivity index (χ3v) is 3.32. The number of nitrogens with zero attached hydrogens (tertiary/aromatic N) is 1. The summed E-state index contributed by atoms with van der Waals surface area (Å²) in [6.07, 6.45) is 0.469. The maximum atomic E-state index is 12.0. The predicted molar refractivity (Wildman–Crippen MR) is 80.2 cm³/mol. The molecule has 0 bridgehead atoms. The van der Waals surface area contributed by atoms with E-state index in [0.717, 1.165) is 11.5 Å². The van der Waals surface area contributed by atoms with E-state index in [1.165, 1.54) is 0 Å². The van der Waals surface area contributed by atoms with E-state index in [-0.39, 0.29) is 5.78 Å². The summed E-state index contributed by atoms with van der Waals surface area (Å²) in [4.78, 5) is 14.1. The van der Waals surface area contributed by atoms with E-state index < -0.39 is 0 Å². The van der Waals surface area contributed by atoms with Crippen LogP contribution >= 0.6 is 11.6 Å². The molecule has 0 fully saturated rings. The number of aryl methyl sites for hydroxylation is 1. The average molecular weight is 292 g/mol. The van der Waals surface area contributed by atoms with E-state index in [4.69, 9.17) is 16.0 Å². The van der Waals surface area contributed by atoms with Crippen LogP contribution in [0, 0.1) is 6.92 Å². The summed E-state index contributed by atoms with van der Waals surface area (Å²) in [6.45, 7) is 3.31. The lowest BCUT2D eigenvalue weighted by Crippen LogP contribution is -2.21. The van der Waals surface area contributed by atoms with Crippen molar-refractivity contribution in [2.24, 2.45) is 0 Å². The molecule has 0 saturated carbocycles. The van der Waals surface area contributed by atoms with Crippen molar-refractivity contribution in [3.05, 3.63) is 58.5 Å². The lowest BCUT2D eigenvalue weighted by Gasteiger charge is -2.14. The van der Waals surface area contributed by atoms with Gasteiger partial charge in [0.15, 0.2) is 5.78 Å². The number of hydrogen-bond acceptors (Lipinski definition) is 3. The zero-order valence-corrected chi connectivity index (χ0v) is 12.5. The highest BCUT2D eigenvalue weighted by molar-refractivity contribution is 6.31. The molecule has 0 aliphatic carbocycles. The molecule has 4 heteroatoms. The van der Waals surface area contributed by atoms with Crippen LogP contribution in [0.3, 0.4) is 0 Å². The Morgan fingerprint density at radius 1 is 1.30 bits per heavy atom. The van der Waals surface area contributed by atoms with Gasteiger partial charge in [-0.2, -0.15) is 0 Å². The van der Waals surface area contributed by atoms with Crippen LogP contribution in [0.2, 0.25) is 5.02 Å².